The number of hydrogen-bond donors (Lipinski definition) is 0. The van der Waals surface area contributed by atoms with Crippen LogP contribution < -0.4 is 9.47 Å². The number of amides is 1. The zero-order valence-electron chi connectivity index (χ0n) is 17.9. The van der Waals surface area contributed by atoms with E-state index in [0.717, 1.165) is 43.9 Å². The van der Waals surface area contributed by atoms with E-state index in [1.54, 1.807) is 6.07 Å². The van der Waals surface area contributed by atoms with Crippen LogP contribution in [0.25, 0.3) is 0 Å². The molecule has 0 aliphatic carbocycles. The second-order valence-electron chi connectivity index (χ2n) is 8.01. The van der Waals surface area contributed by atoms with Crippen LogP contribution in [0, 0.1) is 5.82 Å². The van der Waals surface area contributed by atoms with Crippen LogP contribution in [0.3, 0.4) is 0 Å². The molecule has 0 radical (unpaired) electrons. The standard InChI is InChI=1S/C24H29FN2O4/c1-29-23-9-4-18(15-22(23)25)16-26-10-12-27(13-11-26)24(28)19-5-7-20(8-6-19)31-17-21-3-2-14-30-21/h4-9,15,21H,2-3,10-14,16-17H2,1H3. The van der Waals surface area contributed by atoms with Gasteiger partial charge in [-0.15, -0.1) is 0 Å². The second kappa shape index (κ2) is 10.1. The summed E-state index contributed by atoms with van der Waals surface area (Å²) in [4.78, 5) is 16.9. The van der Waals surface area contributed by atoms with E-state index in [4.69, 9.17) is 14.2 Å². The number of methoxy groups -OCH3 is 1. The molecule has 2 aromatic rings. The van der Waals surface area contributed by atoms with Crippen LogP contribution >= 0.6 is 0 Å². The molecule has 0 N–H and O–H groups in total. The van der Waals surface area contributed by atoms with Gasteiger partial charge in [0.05, 0.1) is 13.2 Å². The Morgan fingerprint density at radius 2 is 1.90 bits per heavy atom. The number of hydrogen-bond acceptors (Lipinski definition) is 5. The van der Waals surface area contributed by atoms with Crippen molar-refractivity contribution in [1.29, 1.82) is 0 Å². The molecule has 2 saturated heterocycles. The Labute approximate surface area is 182 Å². The van der Waals surface area contributed by atoms with Crippen molar-refractivity contribution in [3.8, 4) is 11.5 Å². The number of nitrogens with zero attached hydrogens (tertiary/aromatic N) is 2. The van der Waals surface area contributed by atoms with E-state index in [1.165, 1.54) is 13.2 Å². The minimum atomic E-state index is -0.350. The van der Waals surface area contributed by atoms with Gasteiger partial charge in [0.2, 0.25) is 0 Å². The zero-order chi connectivity index (χ0) is 21.6. The van der Waals surface area contributed by atoms with Crippen LogP contribution in [-0.2, 0) is 11.3 Å². The molecule has 2 fully saturated rings. The smallest absolute Gasteiger partial charge is 0.253 e. The summed E-state index contributed by atoms with van der Waals surface area (Å²) in [6.07, 6.45) is 2.30. The van der Waals surface area contributed by atoms with Gasteiger partial charge >= 0.3 is 0 Å². The van der Waals surface area contributed by atoms with Gasteiger partial charge in [0, 0.05) is 44.9 Å². The summed E-state index contributed by atoms with van der Waals surface area (Å²) in [6.45, 7) is 4.81. The highest BCUT2D eigenvalue weighted by Crippen LogP contribution is 2.20. The molecule has 0 aromatic heterocycles. The minimum absolute atomic E-state index is 0.0285. The van der Waals surface area contributed by atoms with Crippen LogP contribution in [0.2, 0.25) is 0 Å². The number of ether oxygens (including phenoxy) is 3. The number of rotatable bonds is 7. The molecule has 1 amide bonds. The fourth-order valence-electron chi connectivity index (χ4n) is 4.02. The summed E-state index contributed by atoms with van der Waals surface area (Å²) in [6, 6.07) is 12.4. The van der Waals surface area contributed by atoms with Gasteiger partial charge in [0.15, 0.2) is 11.6 Å². The fraction of sp³-hybridized carbons (Fsp3) is 0.458. The Morgan fingerprint density at radius 3 is 2.55 bits per heavy atom. The van der Waals surface area contributed by atoms with Gasteiger partial charge in [0.25, 0.3) is 5.91 Å². The molecule has 2 aromatic carbocycles. The van der Waals surface area contributed by atoms with E-state index in [9.17, 15) is 9.18 Å². The molecule has 0 saturated carbocycles. The average molecular weight is 429 g/mol. The van der Waals surface area contributed by atoms with E-state index in [2.05, 4.69) is 4.90 Å². The van der Waals surface area contributed by atoms with Crippen molar-refractivity contribution >= 4 is 5.91 Å². The molecule has 2 heterocycles. The van der Waals surface area contributed by atoms with E-state index in [0.29, 0.717) is 31.8 Å². The van der Waals surface area contributed by atoms with E-state index in [-0.39, 0.29) is 23.6 Å². The van der Waals surface area contributed by atoms with Crippen molar-refractivity contribution in [2.24, 2.45) is 0 Å². The summed E-state index contributed by atoms with van der Waals surface area (Å²) < 4.78 is 30.2. The predicted molar refractivity (Wildman–Crippen MR) is 115 cm³/mol. The molecule has 2 aliphatic heterocycles. The molecule has 7 heteroatoms. The maximum Gasteiger partial charge on any atom is 0.253 e. The molecular weight excluding hydrogens is 399 g/mol. The number of piperazine rings is 1. The van der Waals surface area contributed by atoms with E-state index >= 15 is 0 Å². The molecule has 0 bridgehead atoms. The monoisotopic (exact) mass is 428 g/mol. The fourth-order valence-corrected chi connectivity index (χ4v) is 4.02. The molecule has 31 heavy (non-hydrogen) atoms. The maximum atomic E-state index is 13.9. The van der Waals surface area contributed by atoms with Crippen molar-refractivity contribution in [3.63, 3.8) is 0 Å². The van der Waals surface area contributed by atoms with Crippen LogP contribution in [0.15, 0.2) is 42.5 Å². The second-order valence-corrected chi connectivity index (χ2v) is 8.01. The first-order chi connectivity index (χ1) is 15.1. The van der Waals surface area contributed by atoms with Crippen LogP contribution in [0.4, 0.5) is 4.39 Å². The highest BCUT2D eigenvalue weighted by Gasteiger charge is 2.22. The highest BCUT2D eigenvalue weighted by atomic mass is 19.1. The van der Waals surface area contributed by atoms with Gasteiger partial charge in [-0.05, 0) is 54.8 Å². The Morgan fingerprint density at radius 1 is 1.13 bits per heavy atom. The predicted octanol–water partition coefficient (Wildman–Crippen LogP) is 3.35. The van der Waals surface area contributed by atoms with Gasteiger partial charge in [-0.25, -0.2) is 4.39 Å². The quantitative estimate of drug-likeness (QED) is 0.677. The third-order valence-electron chi connectivity index (χ3n) is 5.84. The molecule has 2 aliphatic rings. The summed E-state index contributed by atoms with van der Waals surface area (Å²) >= 11 is 0. The van der Waals surface area contributed by atoms with Gasteiger partial charge in [0.1, 0.15) is 12.4 Å². The topological polar surface area (TPSA) is 51.2 Å². The van der Waals surface area contributed by atoms with Crippen LogP contribution in [0.5, 0.6) is 11.5 Å². The molecular formula is C24H29FN2O4. The SMILES string of the molecule is COc1ccc(CN2CCN(C(=O)c3ccc(OCC4CCCO4)cc3)CC2)cc1F. The van der Waals surface area contributed by atoms with Crippen LogP contribution in [-0.4, -0.2) is 68.3 Å². The largest absolute Gasteiger partial charge is 0.494 e. The summed E-state index contributed by atoms with van der Waals surface area (Å²) in [5.41, 5.74) is 1.56. The third-order valence-corrected chi connectivity index (χ3v) is 5.84. The lowest BCUT2D eigenvalue weighted by Crippen LogP contribution is -2.48. The first kappa shape index (κ1) is 21.6. The first-order valence-corrected chi connectivity index (χ1v) is 10.8. The Balaban J connectivity index is 1.25. The molecule has 0 spiro atoms. The number of carbonyl (C=O) groups excluding carboxylic acids is 1. The van der Waals surface area contributed by atoms with Crippen molar-refractivity contribution in [2.45, 2.75) is 25.5 Å². The van der Waals surface area contributed by atoms with Crippen molar-refractivity contribution in [1.82, 2.24) is 9.80 Å². The highest BCUT2D eigenvalue weighted by molar-refractivity contribution is 5.94. The third kappa shape index (κ3) is 5.54. The molecule has 4 rings (SSSR count). The molecule has 6 nitrogen and oxygen atoms in total. The first-order valence-electron chi connectivity index (χ1n) is 10.8. The van der Waals surface area contributed by atoms with Crippen molar-refractivity contribution in [2.75, 3.05) is 46.5 Å². The van der Waals surface area contributed by atoms with Gasteiger partial charge in [-0.3, -0.25) is 9.69 Å². The average Bonchev–Trinajstić information content (AvgIpc) is 3.32. The minimum Gasteiger partial charge on any atom is -0.494 e. The van der Waals surface area contributed by atoms with Crippen molar-refractivity contribution in [3.05, 3.63) is 59.4 Å². The van der Waals surface area contributed by atoms with E-state index in [1.807, 2.05) is 35.2 Å². The Bertz CT molecular complexity index is 876. The Hall–Kier alpha value is -2.64. The summed E-state index contributed by atoms with van der Waals surface area (Å²) in [7, 11) is 1.46. The maximum absolute atomic E-state index is 13.9. The van der Waals surface area contributed by atoms with E-state index < -0.39 is 0 Å². The summed E-state index contributed by atoms with van der Waals surface area (Å²) in [5, 5.41) is 0. The Kier molecular flexibility index (Phi) is 7.04. The molecule has 1 unspecified atom stereocenters. The van der Waals surface area contributed by atoms with Gasteiger partial charge < -0.3 is 19.1 Å². The van der Waals surface area contributed by atoms with Crippen LogP contribution in [0.1, 0.15) is 28.8 Å². The number of halogens is 1. The van der Waals surface area contributed by atoms with Crippen molar-refractivity contribution < 1.29 is 23.4 Å². The van der Waals surface area contributed by atoms with Gasteiger partial charge in [-0.2, -0.15) is 0 Å². The normalized spacial score (nSPS) is 19.4. The summed E-state index contributed by atoms with van der Waals surface area (Å²) in [5.74, 6) is 0.684. The number of benzene rings is 2. The lowest BCUT2D eigenvalue weighted by Gasteiger charge is -2.34. The lowest BCUT2D eigenvalue weighted by atomic mass is 10.1. The lowest BCUT2D eigenvalue weighted by molar-refractivity contribution is 0.0627. The van der Waals surface area contributed by atoms with Gasteiger partial charge in [-0.1, -0.05) is 6.07 Å². The zero-order valence-corrected chi connectivity index (χ0v) is 17.9. The molecule has 166 valence electrons. The number of carbonyl (C=O) groups is 1. The molecule has 1 atom stereocenters.